The number of aliphatic hydroxyl groups is 1. The van der Waals surface area contributed by atoms with Crippen molar-refractivity contribution in [1.82, 2.24) is 9.55 Å². The van der Waals surface area contributed by atoms with Crippen LogP contribution in [0.15, 0.2) is 65.7 Å². The number of hydrogen-bond acceptors (Lipinski definition) is 6. The van der Waals surface area contributed by atoms with Crippen molar-refractivity contribution < 1.29 is 14.6 Å². The molecule has 0 radical (unpaired) electrons. The number of carbonyl (C=O) groups is 1. The largest absolute Gasteiger partial charge is 0.491 e. The number of benzene rings is 2. The van der Waals surface area contributed by atoms with E-state index < -0.39 is 6.10 Å². The Morgan fingerprint density at radius 3 is 2.59 bits per heavy atom. The van der Waals surface area contributed by atoms with Crippen LogP contribution in [0.1, 0.15) is 12.5 Å². The Morgan fingerprint density at radius 2 is 1.91 bits per heavy atom. The van der Waals surface area contributed by atoms with Crippen LogP contribution in [0.4, 0.5) is 5.69 Å². The van der Waals surface area contributed by atoms with Gasteiger partial charge >= 0.3 is 0 Å². The SMILES string of the molecule is CC(=O)Nc1ccc(OCC(O)Cn2cnc3sc(-c4ccccc4)c(C)c3c2=O)cc1. The molecular weight excluding hydrogens is 426 g/mol. The fourth-order valence-corrected chi connectivity index (χ4v) is 4.61. The summed E-state index contributed by atoms with van der Waals surface area (Å²) in [5.41, 5.74) is 2.44. The molecule has 7 nitrogen and oxygen atoms in total. The first-order valence-electron chi connectivity index (χ1n) is 10.1. The molecule has 0 aliphatic heterocycles. The second-order valence-electron chi connectivity index (χ2n) is 7.47. The number of hydrogen-bond donors (Lipinski definition) is 2. The van der Waals surface area contributed by atoms with Gasteiger partial charge in [-0.15, -0.1) is 11.3 Å². The van der Waals surface area contributed by atoms with Gasteiger partial charge < -0.3 is 15.2 Å². The number of aliphatic hydroxyl groups excluding tert-OH is 1. The molecule has 1 unspecified atom stereocenters. The van der Waals surface area contributed by atoms with E-state index in [-0.39, 0.29) is 24.6 Å². The summed E-state index contributed by atoms with van der Waals surface area (Å²) in [5.74, 6) is 0.405. The minimum absolute atomic E-state index is 0.0157. The van der Waals surface area contributed by atoms with E-state index >= 15 is 0 Å². The highest BCUT2D eigenvalue weighted by atomic mass is 32.1. The Morgan fingerprint density at radius 1 is 1.19 bits per heavy atom. The lowest BCUT2D eigenvalue weighted by Crippen LogP contribution is -2.30. The summed E-state index contributed by atoms with van der Waals surface area (Å²) in [4.78, 5) is 30.3. The lowest BCUT2D eigenvalue weighted by molar-refractivity contribution is -0.114. The van der Waals surface area contributed by atoms with Crippen molar-refractivity contribution in [2.24, 2.45) is 0 Å². The zero-order valence-corrected chi connectivity index (χ0v) is 18.6. The van der Waals surface area contributed by atoms with Crippen molar-refractivity contribution in [3.05, 3.63) is 76.8 Å². The Labute approximate surface area is 188 Å². The summed E-state index contributed by atoms with van der Waals surface area (Å²) in [6.45, 7) is 3.46. The number of amides is 1. The number of anilines is 1. The molecule has 4 rings (SSSR count). The number of thiophene rings is 1. The zero-order chi connectivity index (χ0) is 22.7. The summed E-state index contributed by atoms with van der Waals surface area (Å²) in [6, 6.07) is 16.8. The van der Waals surface area contributed by atoms with Crippen LogP contribution in [-0.2, 0) is 11.3 Å². The number of aryl methyl sites for hydroxylation is 1. The minimum atomic E-state index is -0.894. The van der Waals surface area contributed by atoms with E-state index in [9.17, 15) is 14.7 Å². The van der Waals surface area contributed by atoms with E-state index in [1.807, 2.05) is 37.3 Å². The molecule has 0 saturated heterocycles. The van der Waals surface area contributed by atoms with Crippen LogP contribution < -0.4 is 15.6 Å². The third kappa shape index (κ3) is 4.71. The molecule has 0 spiro atoms. The molecule has 4 aromatic rings. The number of carbonyl (C=O) groups excluding carboxylic acids is 1. The minimum Gasteiger partial charge on any atom is -0.491 e. The van der Waals surface area contributed by atoms with Gasteiger partial charge in [0.2, 0.25) is 5.91 Å². The number of nitrogens with one attached hydrogen (secondary N) is 1. The second-order valence-corrected chi connectivity index (χ2v) is 8.47. The predicted octanol–water partition coefficient (Wildman–Crippen LogP) is 3.83. The third-order valence-corrected chi connectivity index (χ3v) is 6.23. The van der Waals surface area contributed by atoms with E-state index in [4.69, 9.17) is 4.74 Å². The van der Waals surface area contributed by atoms with Gasteiger partial charge in [-0.25, -0.2) is 4.98 Å². The van der Waals surface area contributed by atoms with Crippen molar-refractivity contribution in [1.29, 1.82) is 0 Å². The van der Waals surface area contributed by atoms with Gasteiger partial charge in [-0.1, -0.05) is 30.3 Å². The highest BCUT2D eigenvalue weighted by Gasteiger charge is 2.17. The van der Waals surface area contributed by atoms with Gasteiger partial charge in [0.15, 0.2) is 0 Å². The molecule has 0 fully saturated rings. The lowest BCUT2D eigenvalue weighted by Gasteiger charge is -2.14. The molecule has 0 aliphatic carbocycles. The third-order valence-electron chi connectivity index (χ3n) is 4.98. The first-order valence-corrected chi connectivity index (χ1v) is 11.0. The van der Waals surface area contributed by atoms with E-state index in [2.05, 4.69) is 10.3 Å². The maximum absolute atomic E-state index is 13.1. The van der Waals surface area contributed by atoms with Crippen LogP contribution in [0.25, 0.3) is 20.7 Å². The Kier molecular flexibility index (Phi) is 6.34. The van der Waals surface area contributed by atoms with E-state index in [1.54, 1.807) is 24.3 Å². The highest BCUT2D eigenvalue weighted by Crippen LogP contribution is 2.35. The van der Waals surface area contributed by atoms with Gasteiger partial charge in [0.05, 0.1) is 18.3 Å². The van der Waals surface area contributed by atoms with Crippen molar-refractivity contribution in [2.45, 2.75) is 26.5 Å². The molecule has 0 saturated carbocycles. The van der Waals surface area contributed by atoms with Gasteiger partial charge in [0.25, 0.3) is 5.56 Å². The van der Waals surface area contributed by atoms with Crippen LogP contribution in [0.5, 0.6) is 5.75 Å². The fraction of sp³-hybridized carbons (Fsp3) is 0.208. The van der Waals surface area contributed by atoms with Crippen molar-refractivity contribution in [2.75, 3.05) is 11.9 Å². The van der Waals surface area contributed by atoms with Gasteiger partial charge in [-0.05, 0) is 42.3 Å². The Balaban J connectivity index is 1.47. The van der Waals surface area contributed by atoms with Crippen LogP contribution in [-0.4, -0.2) is 33.3 Å². The smallest absolute Gasteiger partial charge is 0.262 e. The zero-order valence-electron chi connectivity index (χ0n) is 17.7. The van der Waals surface area contributed by atoms with E-state index in [0.29, 0.717) is 21.7 Å². The van der Waals surface area contributed by atoms with Crippen LogP contribution in [0, 0.1) is 6.92 Å². The number of aromatic nitrogens is 2. The maximum atomic E-state index is 13.1. The lowest BCUT2D eigenvalue weighted by atomic mass is 10.1. The van der Waals surface area contributed by atoms with Crippen molar-refractivity contribution in [3.8, 4) is 16.2 Å². The average Bonchev–Trinajstić information content (AvgIpc) is 3.12. The molecule has 0 bridgehead atoms. The molecule has 2 heterocycles. The van der Waals surface area contributed by atoms with E-state index in [0.717, 1.165) is 16.0 Å². The van der Waals surface area contributed by atoms with Crippen LogP contribution in [0.3, 0.4) is 0 Å². The predicted molar refractivity (Wildman–Crippen MR) is 126 cm³/mol. The number of nitrogens with zero attached hydrogens (tertiary/aromatic N) is 2. The first-order chi connectivity index (χ1) is 15.4. The standard InChI is InChI=1S/C24H23N3O4S/c1-15-21-23(32-22(15)17-6-4-3-5-7-17)25-14-27(24(21)30)12-19(29)13-31-20-10-8-18(9-11-20)26-16(2)28/h3-11,14,19,29H,12-13H2,1-2H3,(H,26,28). The topological polar surface area (TPSA) is 93.4 Å². The first kappa shape index (κ1) is 21.7. The summed E-state index contributed by atoms with van der Waals surface area (Å²) in [6.07, 6.45) is 0.579. The van der Waals surface area contributed by atoms with Gasteiger partial charge in [0.1, 0.15) is 23.3 Å². The summed E-state index contributed by atoms with van der Waals surface area (Å²) >= 11 is 1.49. The summed E-state index contributed by atoms with van der Waals surface area (Å²) in [5, 5.41) is 13.7. The van der Waals surface area contributed by atoms with Crippen molar-refractivity contribution >= 4 is 33.1 Å². The van der Waals surface area contributed by atoms with Crippen molar-refractivity contribution in [3.63, 3.8) is 0 Å². The highest BCUT2D eigenvalue weighted by molar-refractivity contribution is 7.22. The number of fused-ring (bicyclic) bond motifs is 1. The molecule has 1 atom stereocenters. The molecule has 32 heavy (non-hydrogen) atoms. The molecule has 8 heteroatoms. The number of rotatable bonds is 7. The molecule has 2 N–H and O–H groups in total. The Hall–Kier alpha value is -3.49. The number of ether oxygens (including phenoxy) is 1. The maximum Gasteiger partial charge on any atom is 0.262 e. The fourth-order valence-electron chi connectivity index (χ4n) is 3.46. The molecule has 164 valence electrons. The van der Waals surface area contributed by atoms with Gasteiger partial charge in [-0.2, -0.15) is 0 Å². The normalized spacial score (nSPS) is 12.0. The monoisotopic (exact) mass is 449 g/mol. The molecule has 2 aromatic carbocycles. The second kappa shape index (κ2) is 9.33. The van der Waals surface area contributed by atoms with Crippen LogP contribution in [0.2, 0.25) is 0 Å². The van der Waals surface area contributed by atoms with E-state index in [1.165, 1.54) is 29.2 Å². The summed E-state index contributed by atoms with van der Waals surface area (Å²) in [7, 11) is 0. The molecular formula is C24H23N3O4S. The average molecular weight is 450 g/mol. The van der Waals surface area contributed by atoms with Gasteiger partial charge in [-0.3, -0.25) is 14.2 Å². The molecule has 2 aromatic heterocycles. The van der Waals surface area contributed by atoms with Gasteiger partial charge in [0, 0.05) is 17.5 Å². The quantitative estimate of drug-likeness (QED) is 0.447. The molecule has 0 aliphatic rings. The molecule has 1 amide bonds. The van der Waals surface area contributed by atoms with Crippen LogP contribution >= 0.6 is 11.3 Å². The summed E-state index contributed by atoms with van der Waals surface area (Å²) < 4.78 is 7.04. The Bertz CT molecular complexity index is 1300.